The third-order valence-electron chi connectivity index (χ3n) is 9.16. The Kier molecular flexibility index (Phi) is 9.60. The molecule has 4 aliphatic rings. The number of hydrogen-bond acceptors (Lipinski definition) is 0. The van der Waals surface area contributed by atoms with E-state index in [2.05, 4.69) is 68.5 Å². The van der Waals surface area contributed by atoms with Gasteiger partial charge in [-0.25, -0.2) is 0 Å². The van der Waals surface area contributed by atoms with Crippen molar-refractivity contribution in [3.05, 3.63) is 80.8 Å². The van der Waals surface area contributed by atoms with Crippen LogP contribution in [0.25, 0.3) is 11.1 Å². The summed E-state index contributed by atoms with van der Waals surface area (Å²) >= 11 is -1.66. The van der Waals surface area contributed by atoms with E-state index in [1.807, 2.05) is 0 Å². The van der Waals surface area contributed by atoms with Gasteiger partial charge in [-0.1, -0.05) is 0 Å². The summed E-state index contributed by atoms with van der Waals surface area (Å²) in [5, 5.41) is 0. The van der Waals surface area contributed by atoms with Crippen molar-refractivity contribution in [2.24, 2.45) is 0 Å². The molecule has 2 fully saturated rings. The molecule has 0 heterocycles. The van der Waals surface area contributed by atoms with Gasteiger partial charge >= 0.3 is 214 Å². The van der Waals surface area contributed by atoms with Crippen molar-refractivity contribution in [3.63, 3.8) is 0 Å². The molecule has 2 aromatic carbocycles. The molecule has 0 aliphatic heterocycles. The number of allylic oxidation sites excluding steroid dienone is 4. The molecule has 0 spiro atoms. The van der Waals surface area contributed by atoms with Crippen molar-refractivity contribution in [2.45, 2.75) is 101 Å². The van der Waals surface area contributed by atoms with Gasteiger partial charge in [-0.2, -0.15) is 0 Å². The van der Waals surface area contributed by atoms with Crippen LogP contribution in [0, 0.1) is 0 Å². The van der Waals surface area contributed by atoms with E-state index in [1.54, 1.807) is 41.1 Å². The molecule has 0 atom stereocenters. The largest absolute Gasteiger partial charge is 1.00 e. The van der Waals surface area contributed by atoms with Gasteiger partial charge < -0.3 is 24.8 Å². The van der Waals surface area contributed by atoms with Gasteiger partial charge in [0, 0.05) is 0 Å². The Bertz CT molecular complexity index is 1100. The summed E-state index contributed by atoms with van der Waals surface area (Å²) in [6.45, 7) is 4.89. The van der Waals surface area contributed by atoms with E-state index in [9.17, 15) is 0 Å². The van der Waals surface area contributed by atoms with Gasteiger partial charge in [-0.05, 0) is 0 Å². The van der Waals surface area contributed by atoms with Gasteiger partial charge in [0.2, 0.25) is 0 Å². The molecule has 6 rings (SSSR count). The molecular weight excluding hydrogens is 515 g/mol. The summed E-state index contributed by atoms with van der Waals surface area (Å²) in [5.74, 6) is 1.56. The smallest absolute Gasteiger partial charge is 1.00 e. The third kappa shape index (κ3) is 5.31. The number of hydrogen-bond donors (Lipinski definition) is 0. The van der Waals surface area contributed by atoms with E-state index < -0.39 is 17.4 Å². The average molecular weight is 555 g/mol. The normalized spacial score (nSPS) is 19.4. The molecule has 2 aromatic rings. The van der Waals surface area contributed by atoms with Crippen LogP contribution in [-0.4, -0.2) is 3.81 Å². The maximum Gasteiger partial charge on any atom is -1.00 e. The minimum atomic E-state index is -1.66. The maximum atomic E-state index is 2.69. The molecule has 190 valence electrons. The van der Waals surface area contributed by atoms with Gasteiger partial charge in [0.1, 0.15) is 0 Å². The van der Waals surface area contributed by atoms with Crippen LogP contribution in [0.1, 0.15) is 123 Å². The number of halogens is 2. The van der Waals surface area contributed by atoms with Crippen LogP contribution >= 0.6 is 0 Å². The molecule has 36 heavy (non-hydrogen) atoms. The molecule has 4 aliphatic carbocycles. The van der Waals surface area contributed by atoms with E-state index in [1.165, 1.54) is 70.6 Å². The standard InChI is InChI=1S/C25H29.C5H5.C3H6.2ClH.Ti/c1-3-7-18(8-4-1)20-11-13-24-22(15-20)17-23-16-21(12-14-25(23)24)19-9-5-2-6-10-19;1-2-4-5-3-1;1-3-2;;;/h11-19H,1-10H2;1-3H,4H2;1-2H3;2*1H;/q;;;;;+2/p-2. The Hall–Kier alpha value is -0.916. The molecular formula is C33H40Cl2Ti. The Morgan fingerprint density at radius 3 is 1.61 bits per heavy atom. The van der Waals surface area contributed by atoms with Crippen molar-refractivity contribution in [2.75, 3.05) is 0 Å². The van der Waals surface area contributed by atoms with Crippen LogP contribution < -0.4 is 24.8 Å². The summed E-state index contributed by atoms with van der Waals surface area (Å²) in [6, 6.07) is 15.4. The second-order valence-corrected chi connectivity index (χ2v) is 16.3. The zero-order chi connectivity index (χ0) is 23.1. The zero-order valence-electron chi connectivity index (χ0n) is 22.0. The van der Waals surface area contributed by atoms with Gasteiger partial charge in [0.15, 0.2) is 0 Å². The molecule has 3 heteroatoms. The molecule has 0 unspecified atom stereocenters. The molecule has 2 saturated carbocycles. The van der Waals surface area contributed by atoms with Crippen molar-refractivity contribution in [3.8, 4) is 11.1 Å². The van der Waals surface area contributed by atoms with Crippen LogP contribution in [-0.2, 0) is 17.4 Å². The van der Waals surface area contributed by atoms with Gasteiger partial charge in [-0.15, -0.1) is 0 Å². The quantitative estimate of drug-likeness (QED) is 0.507. The Balaban J connectivity index is 0.00000152. The van der Waals surface area contributed by atoms with E-state index in [-0.39, 0.29) is 24.8 Å². The molecule has 0 saturated heterocycles. The first-order valence-electron chi connectivity index (χ1n) is 14.0. The zero-order valence-corrected chi connectivity index (χ0v) is 25.0. The predicted octanol–water partition coefficient (Wildman–Crippen LogP) is 3.53. The average Bonchev–Trinajstić information content (AvgIpc) is 3.52. The summed E-state index contributed by atoms with van der Waals surface area (Å²) < 4.78 is 4.13. The van der Waals surface area contributed by atoms with Crippen LogP contribution in [0.2, 0.25) is 0 Å². The Morgan fingerprint density at radius 1 is 0.694 bits per heavy atom. The molecule has 0 amide bonds. The number of fused-ring (bicyclic) bond motifs is 3. The fraction of sp³-hybridized carbons (Fsp3) is 0.485. The van der Waals surface area contributed by atoms with Gasteiger partial charge in [0.05, 0.1) is 0 Å². The first-order valence-corrected chi connectivity index (χ1v) is 16.5. The molecule has 0 radical (unpaired) electrons. The van der Waals surface area contributed by atoms with Gasteiger partial charge in [0.25, 0.3) is 0 Å². The van der Waals surface area contributed by atoms with Crippen LogP contribution in [0.4, 0.5) is 0 Å². The summed E-state index contributed by atoms with van der Waals surface area (Å²) in [7, 11) is 0. The maximum absolute atomic E-state index is 2.69. The topological polar surface area (TPSA) is 0 Å². The van der Waals surface area contributed by atoms with E-state index in [4.69, 9.17) is 0 Å². The molecule has 0 nitrogen and oxygen atoms in total. The second kappa shape index (κ2) is 12.3. The van der Waals surface area contributed by atoms with Crippen molar-refractivity contribution >= 4 is 3.81 Å². The second-order valence-electron chi connectivity index (χ2n) is 11.5. The number of benzene rings is 2. The molecule has 0 bridgehead atoms. The van der Waals surface area contributed by atoms with Gasteiger partial charge in [-0.3, -0.25) is 0 Å². The molecule has 0 N–H and O–H groups in total. The minimum Gasteiger partial charge on any atom is -1.00 e. The van der Waals surface area contributed by atoms with Crippen LogP contribution in [0.15, 0.2) is 58.5 Å². The summed E-state index contributed by atoms with van der Waals surface area (Å²) in [6.07, 6.45) is 22.4. The van der Waals surface area contributed by atoms with E-state index in [0.717, 1.165) is 11.8 Å². The van der Waals surface area contributed by atoms with E-state index in [0.29, 0.717) is 4.22 Å². The fourth-order valence-electron chi connectivity index (χ4n) is 7.43. The monoisotopic (exact) mass is 554 g/mol. The first-order chi connectivity index (χ1) is 16.7. The third-order valence-corrected chi connectivity index (χ3v) is 14.4. The van der Waals surface area contributed by atoms with Crippen LogP contribution in [0.5, 0.6) is 0 Å². The van der Waals surface area contributed by atoms with E-state index >= 15 is 0 Å². The van der Waals surface area contributed by atoms with Crippen LogP contribution in [0.3, 0.4) is 0 Å². The van der Waals surface area contributed by atoms with Crippen molar-refractivity contribution in [1.82, 2.24) is 0 Å². The van der Waals surface area contributed by atoms with Crippen molar-refractivity contribution in [1.29, 1.82) is 0 Å². The predicted molar refractivity (Wildman–Crippen MR) is 144 cm³/mol. The minimum absolute atomic E-state index is 0. The SMILES string of the molecule is C[C](C)=[Ti+2]([C]1=CC=CC1)[CH]1c2cc(C3CCCCC3)ccc2-c2ccc(C3CCCCC3)cc21.[Cl-].[Cl-]. The fourth-order valence-corrected chi connectivity index (χ4v) is 12.6. The summed E-state index contributed by atoms with van der Waals surface area (Å²) in [4.78, 5) is 0. The Labute approximate surface area is 237 Å². The summed E-state index contributed by atoms with van der Waals surface area (Å²) in [5.41, 5.74) is 9.73. The number of rotatable bonds is 4. The van der Waals surface area contributed by atoms with Crippen molar-refractivity contribution < 1.29 is 42.2 Å². The Morgan fingerprint density at radius 2 is 1.19 bits per heavy atom. The molecule has 0 aromatic heterocycles. The first kappa shape index (κ1) is 28.1.